The van der Waals surface area contributed by atoms with Crippen LogP contribution in [-0.4, -0.2) is 38.1 Å². The van der Waals surface area contributed by atoms with Gasteiger partial charge in [-0.25, -0.2) is 9.97 Å². The fourth-order valence-corrected chi connectivity index (χ4v) is 1.52. The molecule has 0 fully saturated rings. The molecule has 5 nitrogen and oxygen atoms in total. The molecule has 1 aromatic rings. The lowest BCUT2D eigenvalue weighted by Crippen LogP contribution is -2.27. The van der Waals surface area contributed by atoms with Gasteiger partial charge in [-0.05, 0) is 6.42 Å². The number of nitrogens with one attached hydrogen (secondary N) is 1. The Kier molecular flexibility index (Phi) is 5.04. The predicted octanol–water partition coefficient (Wildman–Crippen LogP) is 0.364. The Balaban J connectivity index is 2.34. The van der Waals surface area contributed by atoms with E-state index in [1.54, 1.807) is 6.26 Å². The van der Waals surface area contributed by atoms with Crippen molar-refractivity contribution in [1.29, 1.82) is 0 Å². The van der Waals surface area contributed by atoms with Gasteiger partial charge in [0.2, 0.25) is 0 Å². The van der Waals surface area contributed by atoms with Gasteiger partial charge in [-0.1, -0.05) is 6.92 Å². The van der Waals surface area contributed by atoms with Gasteiger partial charge < -0.3 is 5.32 Å². The number of carbonyl (C=O) groups excluding carboxylic acids is 1. The van der Waals surface area contributed by atoms with E-state index in [-0.39, 0.29) is 11.2 Å². The smallest absolute Gasteiger partial charge is 0.254 e. The molecule has 0 aromatic carbocycles. The molecule has 2 unspecified atom stereocenters. The van der Waals surface area contributed by atoms with Crippen molar-refractivity contribution in [3.05, 3.63) is 24.3 Å². The zero-order chi connectivity index (χ0) is 12.0. The highest BCUT2D eigenvalue weighted by molar-refractivity contribution is 7.84. The first-order valence-corrected chi connectivity index (χ1v) is 6.59. The molecule has 0 aliphatic rings. The van der Waals surface area contributed by atoms with Crippen molar-refractivity contribution in [2.45, 2.75) is 18.6 Å². The molecule has 88 valence electrons. The minimum atomic E-state index is -0.846. The van der Waals surface area contributed by atoms with Gasteiger partial charge in [0.1, 0.15) is 6.33 Å². The van der Waals surface area contributed by atoms with Crippen LogP contribution in [0.15, 0.2) is 18.7 Å². The van der Waals surface area contributed by atoms with Crippen LogP contribution in [-0.2, 0) is 10.8 Å². The van der Waals surface area contributed by atoms with E-state index in [9.17, 15) is 9.00 Å². The lowest BCUT2D eigenvalue weighted by Gasteiger charge is -2.08. The van der Waals surface area contributed by atoms with Crippen LogP contribution in [0, 0.1) is 0 Å². The van der Waals surface area contributed by atoms with Crippen molar-refractivity contribution in [3.63, 3.8) is 0 Å². The van der Waals surface area contributed by atoms with Crippen molar-refractivity contribution in [1.82, 2.24) is 15.3 Å². The third-order valence-electron chi connectivity index (χ3n) is 2.23. The standard InChI is InChI=1S/C10H15N3O2S/c1-8(16(2)15)3-4-13-10(14)9-5-11-7-12-6-9/h5-8H,3-4H2,1-2H3,(H,13,14). The van der Waals surface area contributed by atoms with E-state index >= 15 is 0 Å². The van der Waals surface area contributed by atoms with E-state index < -0.39 is 10.8 Å². The summed E-state index contributed by atoms with van der Waals surface area (Å²) < 4.78 is 11.1. The molecule has 1 amide bonds. The summed E-state index contributed by atoms with van der Waals surface area (Å²) in [6.07, 6.45) is 6.66. The molecule has 2 atom stereocenters. The molecule has 0 bridgehead atoms. The van der Waals surface area contributed by atoms with E-state index in [0.717, 1.165) is 0 Å². The summed E-state index contributed by atoms with van der Waals surface area (Å²) in [5.74, 6) is -0.199. The second-order valence-electron chi connectivity index (χ2n) is 3.48. The maximum atomic E-state index is 11.5. The topological polar surface area (TPSA) is 72.0 Å². The lowest BCUT2D eigenvalue weighted by atomic mass is 10.3. The number of nitrogens with zero attached hydrogens (tertiary/aromatic N) is 2. The zero-order valence-electron chi connectivity index (χ0n) is 9.34. The molecule has 0 aliphatic carbocycles. The van der Waals surface area contributed by atoms with Crippen LogP contribution in [0.4, 0.5) is 0 Å². The highest BCUT2D eigenvalue weighted by Gasteiger charge is 2.08. The van der Waals surface area contributed by atoms with Crippen molar-refractivity contribution >= 4 is 16.7 Å². The van der Waals surface area contributed by atoms with E-state index in [4.69, 9.17) is 0 Å². The summed E-state index contributed by atoms with van der Waals surface area (Å²) in [4.78, 5) is 19.0. The average Bonchev–Trinajstić information content (AvgIpc) is 2.29. The van der Waals surface area contributed by atoms with E-state index in [1.807, 2.05) is 6.92 Å². The summed E-state index contributed by atoms with van der Waals surface area (Å²) >= 11 is 0. The van der Waals surface area contributed by atoms with Crippen LogP contribution in [0.25, 0.3) is 0 Å². The number of carbonyl (C=O) groups is 1. The fraction of sp³-hybridized carbons (Fsp3) is 0.500. The number of hydrogen-bond donors (Lipinski definition) is 1. The monoisotopic (exact) mass is 241 g/mol. The minimum Gasteiger partial charge on any atom is -0.352 e. The maximum absolute atomic E-state index is 11.5. The number of rotatable bonds is 5. The summed E-state index contributed by atoms with van der Waals surface area (Å²) in [6, 6.07) is 0. The Morgan fingerprint density at radius 2 is 2.12 bits per heavy atom. The van der Waals surface area contributed by atoms with Crippen LogP contribution in [0.5, 0.6) is 0 Å². The molecule has 16 heavy (non-hydrogen) atoms. The highest BCUT2D eigenvalue weighted by atomic mass is 32.2. The molecule has 6 heteroatoms. The normalized spacial score (nSPS) is 14.1. The molecule has 0 saturated carbocycles. The summed E-state index contributed by atoms with van der Waals surface area (Å²) in [5, 5.41) is 2.82. The Labute approximate surface area is 97.1 Å². The quantitative estimate of drug-likeness (QED) is 0.808. The maximum Gasteiger partial charge on any atom is 0.254 e. The first-order valence-electron chi connectivity index (χ1n) is 4.96. The summed E-state index contributed by atoms with van der Waals surface area (Å²) in [7, 11) is -0.846. The minimum absolute atomic E-state index is 0.0901. The summed E-state index contributed by atoms with van der Waals surface area (Å²) in [5.41, 5.74) is 0.438. The van der Waals surface area contributed by atoms with Gasteiger partial charge in [-0.3, -0.25) is 9.00 Å². The Morgan fingerprint density at radius 1 is 1.50 bits per heavy atom. The third kappa shape index (κ3) is 4.06. The Hall–Kier alpha value is -1.30. The second-order valence-corrected chi connectivity index (χ2v) is 5.28. The molecule has 0 spiro atoms. The predicted molar refractivity (Wildman–Crippen MR) is 62.5 cm³/mol. The lowest BCUT2D eigenvalue weighted by molar-refractivity contribution is 0.0952. The van der Waals surface area contributed by atoms with Crippen molar-refractivity contribution in [2.24, 2.45) is 0 Å². The van der Waals surface area contributed by atoms with Crippen molar-refractivity contribution < 1.29 is 9.00 Å². The Morgan fingerprint density at radius 3 is 2.69 bits per heavy atom. The molecule has 1 N–H and O–H groups in total. The van der Waals surface area contributed by atoms with Gasteiger partial charge in [0.25, 0.3) is 5.91 Å². The number of hydrogen-bond acceptors (Lipinski definition) is 4. The van der Waals surface area contributed by atoms with Crippen LogP contribution in [0.3, 0.4) is 0 Å². The summed E-state index contributed by atoms with van der Waals surface area (Å²) in [6.45, 7) is 2.41. The van der Waals surface area contributed by atoms with Gasteiger partial charge in [-0.15, -0.1) is 0 Å². The van der Waals surface area contributed by atoms with Crippen molar-refractivity contribution in [2.75, 3.05) is 12.8 Å². The molecule has 0 aliphatic heterocycles. The second kappa shape index (κ2) is 6.32. The van der Waals surface area contributed by atoms with E-state index in [0.29, 0.717) is 18.5 Å². The molecule has 0 radical (unpaired) electrons. The average molecular weight is 241 g/mol. The van der Waals surface area contributed by atoms with Gasteiger partial charge in [0, 0.05) is 41.2 Å². The van der Waals surface area contributed by atoms with Crippen LogP contribution in [0.1, 0.15) is 23.7 Å². The van der Waals surface area contributed by atoms with Crippen molar-refractivity contribution in [3.8, 4) is 0 Å². The van der Waals surface area contributed by atoms with Crippen LogP contribution in [0.2, 0.25) is 0 Å². The van der Waals surface area contributed by atoms with E-state index in [2.05, 4.69) is 15.3 Å². The van der Waals surface area contributed by atoms with Gasteiger partial charge >= 0.3 is 0 Å². The molecule has 0 saturated heterocycles. The molecule has 1 aromatic heterocycles. The van der Waals surface area contributed by atoms with E-state index in [1.165, 1.54) is 18.7 Å². The molecular weight excluding hydrogens is 226 g/mol. The van der Waals surface area contributed by atoms with Gasteiger partial charge in [0.05, 0.1) is 5.56 Å². The zero-order valence-corrected chi connectivity index (χ0v) is 10.2. The van der Waals surface area contributed by atoms with Gasteiger partial charge in [0.15, 0.2) is 0 Å². The number of aromatic nitrogens is 2. The molecular formula is C10H15N3O2S. The molecule has 1 heterocycles. The molecule has 1 rings (SSSR count). The number of amides is 1. The Bertz CT molecular complexity index is 370. The van der Waals surface area contributed by atoms with Gasteiger partial charge in [-0.2, -0.15) is 0 Å². The fourth-order valence-electron chi connectivity index (χ4n) is 1.07. The van der Waals surface area contributed by atoms with Crippen LogP contribution < -0.4 is 5.32 Å². The largest absolute Gasteiger partial charge is 0.352 e. The first kappa shape index (κ1) is 12.8. The highest BCUT2D eigenvalue weighted by Crippen LogP contribution is 1.98. The van der Waals surface area contributed by atoms with Crippen LogP contribution >= 0.6 is 0 Å². The SMILES string of the molecule is CC(CCNC(=O)c1cncnc1)S(C)=O. The first-order chi connectivity index (χ1) is 7.61. The third-order valence-corrected chi connectivity index (χ3v) is 3.59.